The van der Waals surface area contributed by atoms with Crippen molar-refractivity contribution in [1.29, 1.82) is 5.26 Å². The minimum absolute atomic E-state index is 0.176. The van der Waals surface area contributed by atoms with Gasteiger partial charge in [-0.15, -0.1) is 0 Å². The fourth-order valence-corrected chi connectivity index (χ4v) is 2.48. The molecule has 0 saturated carbocycles. The van der Waals surface area contributed by atoms with Gasteiger partial charge in [0.25, 0.3) is 0 Å². The first-order valence-electron chi connectivity index (χ1n) is 8.07. The Morgan fingerprint density at radius 2 is 2.26 bits per heavy atom. The van der Waals surface area contributed by atoms with Gasteiger partial charge >= 0.3 is 0 Å². The Kier molecular flexibility index (Phi) is 7.30. The van der Waals surface area contributed by atoms with E-state index in [9.17, 15) is 5.11 Å². The van der Waals surface area contributed by atoms with Crippen LogP contribution < -0.4 is 10.1 Å². The van der Waals surface area contributed by atoms with Gasteiger partial charge in [-0.25, -0.2) is 0 Å². The Bertz CT molecular complexity index is 501. The number of nitrogens with one attached hydrogen (secondary N) is 1. The zero-order valence-corrected chi connectivity index (χ0v) is 13.6. The van der Waals surface area contributed by atoms with E-state index >= 15 is 0 Å². The summed E-state index contributed by atoms with van der Waals surface area (Å²) >= 11 is 0. The molecule has 0 spiro atoms. The molecule has 2 atom stereocenters. The molecular formula is C17H25N3O3. The van der Waals surface area contributed by atoms with Gasteiger partial charge in [0.2, 0.25) is 0 Å². The van der Waals surface area contributed by atoms with E-state index < -0.39 is 6.10 Å². The largest absolute Gasteiger partial charge is 0.491 e. The third-order valence-corrected chi connectivity index (χ3v) is 3.85. The first-order chi connectivity index (χ1) is 11.2. The maximum atomic E-state index is 9.95. The summed E-state index contributed by atoms with van der Waals surface area (Å²) in [4.78, 5) is 2.36. The zero-order valence-electron chi connectivity index (χ0n) is 13.6. The molecule has 0 aliphatic carbocycles. The van der Waals surface area contributed by atoms with Crippen LogP contribution in [-0.2, 0) is 4.74 Å². The van der Waals surface area contributed by atoms with Crippen molar-refractivity contribution in [3.8, 4) is 11.8 Å². The average Bonchev–Trinajstić information content (AvgIpc) is 2.60. The van der Waals surface area contributed by atoms with E-state index in [4.69, 9.17) is 14.7 Å². The minimum atomic E-state index is -0.587. The van der Waals surface area contributed by atoms with Crippen molar-refractivity contribution in [2.75, 3.05) is 45.9 Å². The van der Waals surface area contributed by atoms with Crippen molar-refractivity contribution in [3.63, 3.8) is 0 Å². The molecular weight excluding hydrogens is 294 g/mol. The van der Waals surface area contributed by atoms with Crippen LogP contribution in [0.3, 0.4) is 0 Å². The third-order valence-electron chi connectivity index (χ3n) is 3.85. The van der Waals surface area contributed by atoms with Crippen LogP contribution in [0.2, 0.25) is 0 Å². The first-order valence-corrected chi connectivity index (χ1v) is 8.07. The standard InChI is InChI=1S/C17H25N3O3/c1-2-20-7-8-22-17(12-20)11-19-10-15(21)13-23-16-5-3-14(9-18)4-6-16/h3-6,15,17,19,21H,2,7-8,10-13H2,1H3/t15-,17+/m0/s1. The van der Waals surface area contributed by atoms with Crippen LogP contribution in [0.4, 0.5) is 0 Å². The number of hydrogen-bond donors (Lipinski definition) is 2. The van der Waals surface area contributed by atoms with Crippen molar-refractivity contribution in [1.82, 2.24) is 10.2 Å². The molecule has 0 unspecified atom stereocenters. The van der Waals surface area contributed by atoms with E-state index in [2.05, 4.69) is 23.2 Å². The summed E-state index contributed by atoms with van der Waals surface area (Å²) in [6, 6.07) is 8.90. The Hall–Kier alpha value is -1.65. The van der Waals surface area contributed by atoms with E-state index in [1.165, 1.54) is 0 Å². The minimum Gasteiger partial charge on any atom is -0.491 e. The number of aliphatic hydroxyl groups is 1. The number of morpholine rings is 1. The van der Waals surface area contributed by atoms with Crippen LogP contribution in [0.5, 0.6) is 5.75 Å². The molecule has 6 nitrogen and oxygen atoms in total. The summed E-state index contributed by atoms with van der Waals surface area (Å²) in [6.45, 7) is 7.29. The molecule has 0 bridgehead atoms. The van der Waals surface area contributed by atoms with E-state index in [1.807, 2.05) is 0 Å². The highest BCUT2D eigenvalue weighted by Gasteiger charge is 2.19. The molecule has 1 aromatic carbocycles. The number of nitrogens with zero attached hydrogens (tertiary/aromatic N) is 2. The highest BCUT2D eigenvalue weighted by atomic mass is 16.5. The Morgan fingerprint density at radius 3 is 2.96 bits per heavy atom. The SMILES string of the molecule is CCN1CCO[C@H](CNC[C@H](O)COc2ccc(C#N)cc2)C1. The summed E-state index contributed by atoms with van der Waals surface area (Å²) in [7, 11) is 0. The van der Waals surface area contributed by atoms with Crippen LogP contribution in [0, 0.1) is 11.3 Å². The molecule has 23 heavy (non-hydrogen) atoms. The van der Waals surface area contributed by atoms with Crippen molar-refractivity contribution in [2.24, 2.45) is 0 Å². The fraction of sp³-hybridized carbons (Fsp3) is 0.588. The van der Waals surface area contributed by atoms with Crippen LogP contribution in [0.25, 0.3) is 0 Å². The zero-order chi connectivity index (χ0) is 16.5. The number of likely N-dealkylation sites (N-methyl/N-ethyl adjacent to an activating group) is 1. The molecule has 0 aromatic heterocycles. The van der Waals surface area contributed by atoms with Crippen molar-refractivity contribution < 1.29 is 14.6 Å². The third kappa shape index (κ3) is 6.16. The van der Waals surface area contributed by atoms with Crippen LogP contribution in [-0.4, -0.2) is 68.2 Å². The lowest BCUT2D eigenvalue weighted by Crippen LogP contribution is -2.47. The average molecular weight is 319 g/mol. The molecule has 1 fully saturated rings. The lowest BCUT2D eigenvalue weighted by molar-refractivity contribution is -0.0266. The maximum Gasteiger partial charge on any atom is 0.119 e. The number of ether oxygens (including phenoxy) is 2. The first kappa shape index (κ1) is 17.7. The Morgan fingerprint density at radius 1 is 1.48 bits per heavy atom. The van der Waals surface area contributed by atoms with Gasteiger partial charge in [0.1, 0.15) is 18.5 Å². The molecule has 1 heterocycles. The van der Waals surface area contributed by atoms with E-state index in [-0.39, 0.29) is 12.7 Å². The van der Waals surface area contributed by atoms with Gasteiger partial charge in [0, 0.05) is 26.2 Å². The topological polar surface area (TPSA) is 77.8 Å². The number of benzene rings is 1. The number of nitriles is 1. The monoisotopic (exact) mass is 319 g/mol. The van der Waals surface area contributed by atoms with Crippen LogP contribution in [0.1, 0.15) is 12.5 Å². The molecule has 1 saturated heterocycles. The van der Waals surface area contributed by atoms with Gasteiger partial charge < -0.3 is 19.9 Å². The molecule has 0 amide bonds. The van der Waals surface area contributed by atoms with Crippen LogP contribution in [0.15, 0.2) is 24.3 Å². The molecule has 0 radical (unpaired) electrons. The lowest BCUT2D eigenvalue weighted by atomic mass is 10.2. The predicted molar refractivity (Wildman–Crippen MR) is 87.4 cm³/mol. The molecule has 6 heteroatoms. The molecule has 2 rings (SSSR count). The smallest absolute Gasteiger partial charge is 0.119 e. The molecule has 1 aliphatic rings. The maximum absolute atomic E-state index is 9.95. The molecule has 126 valence electrons. The molecule has 2 N–H and O–H groups in total. The van der Waals surface area contributed by atoms with Gasteiger partial charge in [0.05, 0.1) is 24.3 Å². The van der Waals surface area contributed by atoms with Gasteiger partial charge in [-0.1, -0.05) is 6.92 Å². The highest BCUT2D eigenvalue weighted by molar-refractivity contribution is 5.34. The molecule has 1 aromatic rings. The second kappa shape index (κ2) is 9.48. The fourth-order valence-electron chi connectivity index (χ4n) is 2.48. The quantitative estimate of drug-likeness (QED) is 0.731. The number of rotatable bonds is 8. The Labute approximate surface area is 137 Å². The van der Waals surface area contributed by atoms with E-state index in [0.29, 0.717) is 17.9 Å². The lowest BCUT2D eigenvalue weighted by Gasteiger charge is -2.32. The van der Waals surface area contributed by atoms with Gasteiger partial charge in [-0.2, -0.15) is 5.26 Å². The van der Waals surface area contributed by atoms with Crippen molar-refractivity contribution in [2.45, 2.75) is 19.1 Å². The number of aliphatic hydroxyl groups excluding tert-OH is 1. The van der Waals surface area contributed by atoms with E-state index in [1.54, 1.807) is 24.3 Å². The van der Waals surface area contributed by atoms with E-state index in [0.717, 1.165) is 32.8 Å². The van der Waals surface area contributed by atoms with Gasteiger partial charge in [-0.05, 0) is 30.8 Å². The highest BCUT2D eigenvalue weighted by Crippen LogP contribution is 2.11. The second-order valence-corrected chi connectivity index (χ2v) is 5.65. The summed E-state index contributed by atoms with van der Waals surface area (Å²) < 4.78 is 11.2. The normalized spacial score (nSPS) is 20.0. The summed E-state index contributed by atoms with van der Waals surface area (Å²) in [5, 5.41) is 21.9. The summed E-state index contributed by atoms with van der Waals surface area (Å²) in [6.07, 6.45) is -0.410. The summed E-state index contributed by atoms with van der Waals surface area (Å²) in [5.41, 5.74) is 0.591. The predicted octanol–water partition coefficient (Wildman–Crippen LogP) is 0.608. The van der Waals surface area contributed by atoms with Gasteiger partial charge in [-0.3, -0.25) is 4.90 Å². The summed E-state index contributed by atoms with van der Waals surface area (Å²) in [5.74, 6) is 0.650. The number of hydrogen-bond acceptors (Lipinski definition) is 6. The van der Waals surface area contributed by atoms with Crippen molar-refractivity contribution >= 4 is 0 Å². The molecule has 1 aliphatic heterocycles. The Balaban J connectivity index is 1.61. The van der Waals surface area contributed by atoms with Crippen LogP contribution >= 0.6 is 0 Å². The van der Waals surface area contributed by atoms with Gasteiger partial charge in [0.15, 0.2) is 0 Å². The van der Waals surface area contributed by atoms with Crippen molar-refractivity contribution in [3.05, 3.63) is 29.8 Å². The second-order valence-electron chi connectivity index (χ2n) is 5.65.